The minimum atomic E-state index is -0.987. The van der Waals surface area contributed by atoms with Gasteiger partial charge in [-0.3, -0.25) is 4.79 Å². The monoisotopic (exact) mass is 291 g/mol. The molecule has 2 rings (SSSR count). The highest BCUT2D eigenvalue weighted by Crippen LogP contribution is 2.21. The Hall–Kier alpha value is -2.34. The quantitative estimate of drug-likeness (QED) is 0.561. The van der Waals surface area contributed by atoms with Crippen molar-refractivity contribution in [3.05, 3.63) is 42.0 Å². The summed E-state index contributed by atoms with van der Waals surface area (Å²) in [5, 5.41) is 21.2. The zero-order chi connectivity index (χ0) is 15.4. The highest BCUT2D eigenvalue weighted by Gasteiger charge is 2.33. The molecule has 1 aliphatic heterocycles. The van der Waals surface area contributed by atoms with Gasteiger partial charge in [-0.1, -0.05) is 6.08 Å². The van der Waals surface area contributed by atoms with E-state index in [1.807, 2.05) is 0 Å². The van der Waals surface area contributed by atoms with Crippen molar-refractivity contribution < 1.29 is 24.5 Å². The molecule has 0 aromatic heterocycles. The van der Waals surface area contributed by atoms with Crippen LogP contribution in [-0.4, -0.2) is 40.4 Å². The smallest absolute Gasteiger partial charge is 0.335 e. The van der Waals surface area contributed by atoms with Gasteiger partial charge in [-0.05, 0) is 37.3 Å². The molecule has 0 radical (unpaired) electrons. The number of aliphatic hydroxyl groups excluding tert-OH is 1. The van der Waals surface area contributed by atoms with Gasteiger partial charge in [-0.15, -0.1) is 0 Å². The van der Waals surface area contributed by atoms with Gasteiger partial charge in [0.2, 0.25) is 0 Å². The second-order valence-electron chi connectivity index (χ2n) is 4.92. The van der Waals surface area contributed by atoms with Crippen molar-refractivity contribution in [2.24, 2.45) is 0 Å². The fourth-order valence-electron chi connectivity index (χ4n) is 2.08. The van der Waals surface area contributed by atoms with Gasteiger partial charge in [0.25, 0.3) is 0 Å². The number of hydrogen-bond donors (Lipinski definition) is 3. The van der Waals surface area contributed by atoms with Crippen LogP contribution in [0.25, 0.3) is 0 Å². The fraction of sp³-hybridized carbons (Fsp3) is 0.333. The van der Waals surface area contributed by atoms with Crippen LogP contribution in [-0.2, 0) is 9.53 Å². The third-order valence-corrected chi connectivity index (χ3v) is 3.11. The van der Waals surface area contributed by atoms with Crippen LogP contribution in [0, 0.1) is 0 Å². The molecule has 0 saturated carbocycles. The standard InChI is InChI=1S/C15H17NO5/c1-9(17)2-7-13-12(8-14(18)21-13)16-11-5-3-10(4-6-11)15(19)20/h2-7,9,12-13,16-17H,8H2,1H3,(H,19,20)/b7-2+/t9-,12-,13-/m1/s1. The third-order valence-electron chi connectivity index (χ3n) is 3.11. The predicted molar refractivity (Wildman–Crippen MR) is 76.1 cm³/mol. The van der Waals surface area contributed by atoms with Gasteiger partial charge in [-0.2, -0.15) is 0 Å². The van der Waals surface area contributed by atoms with Crippen LogP contribution >= 0.6 is 0 Å². The van der Waals surface area contributed by atoms with E-state index in [-0.39, 0.29) is 24.0 Å². The number of carboxylic acid groups (broad SMARTS) is 1. The van der Waals surface area contributed by atoms with E-state index < -0.39 is 18.2 Å². The van der Waals surface area contributed by atoms with Gasteiger partial charge in [0.1, 0.15) is 6.10 Å². The number of rotatable bonds is 5. The number of aliphatic hydroxyl groups is 1. The molecule has 0 unspecified atom stereocenters. The van der Waals surface area contributed by atoms with Gasteiger partial charge in [-0.25, -0.2) is 4.79 Å². The van der Waals surface area contributed by atoms with E-state index in [1.165, 1.54) is 12.1 Å². The highest BCUT2D eigenvalue weighted by atomic mass is 16.6. The molecule has 21 heavy (non-hydrogen) atoms. The van der Waals surface area contributed by atoms with Crippen molar-refractivity contribution in [2.75, 3.05) is 5.32 Å². The Kier molecular flexibility index (Phi) is 4.59. The van der Waals surface area contributed by atoms with Crippen LogP contribution in [0.2, 0.25) is 0 Å². The summed E-state index contributed by atoms with van der Waals surface area (Å²) in [7, 11) is 0. The first-order valence-corrected chi connectivity index (χ1v) is 6.61. The van der Waals surface area contributed by atoms with Crippen molar-refractivity contribution in [1.29, 1.82) is 0 Å². The van der Waals surface area contributed by atoms with E-state index in [2.05, 4.69) is 5.32 Å². The number of cyclic esters (lactones) is 1. The maximum Gasteiger partial charge on any atom is 0.335 e. The summed E-state index contributed by atoms with van der Waals surface area (Å²) in [6, 6.07) is 6.01. The Morgan fingerprint density at radius 2 is 2.10 bits per heavy atom. The minimum absolute atomic E-state index is 0.199. The first-order chi connectivity index (χ1) is 9.95. The van der Waals surface area contributed by atoms with Crippen LogP contribution in [0.15, 0.2) is 36.4 Å². The molecule has 0 aliphatic carbocycles. The summed E-state index contributed by atoms with van der Waals surface area (Å²) in [5.74, 6) is -1.30. The molecule has 3 N–H and O–H groups in total. The average Bonchev–Trinajstić information content (AvgIpc) is 2.77. The van der Waals surface area contributed by atoms with E-state index in [0.29, 0.717) is 5.69 Å². The number of carbonyl (C=O) groups is 2. The summed E-state index contributed by atoms with van der Waals surface area (Å²) in [6.45, 7) is 1.61. The normalized spacial score (nSPS) is 23.0. The second kappa shape index (κ2) is 6.41. The number of aromatic carboxylic acids is 1. The Morgan fingerprint density at radius 3 is 2.67 bits per heavy atom. The molecular weight excluding hydrogens is 274 g/mol. The topological polar surface area (TPSA) is 95.9 Å². The SMILES string of the molecule is C[C@@H](O)/C=C/[C@H]1OC(=O)C[C@H]1Nc1ccc(C(=O)O)cc1. The van der Waals surface area contributed by atoms with Crippen molar-refractivity contribution in [3.8, 4) is 0 Å². The number of ether oxygens (including phenoxy) is 1. The number of anilines is 1. The van der Waals surface area contributed by atoms with Crippen LogP contribution in [0.1, 0.15) is 23.7 Å². The molecule has 1 aromatic carbocycles. The Bertz CT molecular complexity index is 550. The Labute approximate surface area is 122 Å². The maximum absolute atomic E-state index is 11.4. The van der Waals surface area contributed by atoms with Crippen molar-refractivity contribution in [1.82, 2.24) is 0 Å². The van der Waals surface area contributed by atoms with Gasteiger partial charge in [0.15, 0.2) is 0 Å². The average molecular weight is 291 g/mol. The van der Waals surface area contributed by atoms with Crippen LogP contribution < -0.4 is 5.32 Å². The molecule has 3 atom stereocenters. The molecule has 112 valence electrons. The Balaban J connectivity index is 2.05. The van der Waals surface area contributed by atoms with E-state index >= 15 is 0 Å². The molecule has 0 amide bonds. The number of hydrogen-bond acceptors (Lipinski definition) is 5. The minimum Gasteiger partial charge on any atom is -0.478 e. The number of carboxylic acids is 1. The first kappa shape index (κ1) is 15.1. The van der Waals surface area contributed by atoms with E-state index in [1.54, 1.807) is 31.2 Å². The highest BCUT2D eigenvalue weighted by molar-refractivity contribution is 5.88. The van der Waals surface area contributed by atoms with Crippen molar-refractivity contribution in [3.63, 3.8) is 0 Å². The summed E-state index contributed by atoms with van der Waals surface area (Å²) >= 11 is 0. The van der Waals surface area contributed by atoms with E-state index in [0.717, 1.165) is 0 Å². The Morgan fingerprint density at radius 1 is 1.43 bits per heavy atom. The second-order valence-corrected chi connectivity index (χ2v) is 4.92. The summed E-state index contributed by atoms with van der Waals surface area (Å²) in [5.41, 5.74) is 0.906. The molecule has 1 fully saturated rings. The lowest BCUT2D eigenvalue weighted by Gasteiger charge is -2.17. The molecule has 1 heterocycles. The number of carbonyl (C=O) groups excluding carboxylic acids is 1. The zero-order valence-corrected chi connectivity index (χ0v) is 11.5. The largest absolute Gasteiger partial charge is 0.478 e. The van der Waals surface area contributed by atoms with Gasteiger partial charge in [0, 0.05) is 5.69 Å². The molecule has 0 bridgehead atoms. The lowest BCUT2D eigenvalue weighted by atomic mass is 10.1. The number of esters is 1. The number of benzene rings is 1. The van der Waals surface area contributed by atoms with E-state index in [4.69, 9.17) is 9.84 Å². The lowest BCUT2D eigenvalue weighted by Crippen LogP contribution is -2.27. The van der Waals surface area contributed by atoms with E-state index in [9.17, 15) is 14.7 Å². The summed E-state index contributed by atoms with van der Waals surface area (Å²) in [4.78, 5) is 22.2. The van der Waals surface area contributed by atoms with Crippen molar-refractivity contribution >= 4 is 17.6 Å². The van der Waals surface area contributed by atoms with Crippen LogP contribution in [0.3, 0.4) is 0 Å². The molecular formula is C15H17NO5. The fourth-order valence-corrected chi connectivity index (χ4v) is 2.08. The summed E-state index contributed by atoms with van der Waals surface area (Å²) < 4.78 is 5.17. The zero-order valence-electron chi connectivity index (χ0n) is 11.5. The molecule has 6 heteroatoms. The first-order valence-electron chi connectivity index (χ1n) is 6.61. The molecule has 6 nitrogen and oxygen atoms in total. The number of nitrogens with one attached hydrogen (secondary N) is 1. The van der Waals surface area contributed by atoms with Gasteiger partial charge >= 0.3 is 11.9 Å². The molecule has 1 aromatic rings. The predicted octanol–water partition coefficient (Wildman–Crippen LogP) is 1.42. The van der Waals surface area contributed by atoms with Crippen LogP contribution in [0.4, 0.5) is 5.69 Å². The maximum atomic E-state index is 11.4. The van der Waals surface area contributed by atoms with Crippen molar-refractivity contribution in [2.45, 2.75) is 31.6 Å². The molecule has 1 saturated heterocycles. The van der Waals surface area contributed by atoms with Gasteiger partial charge in [0.05, 0.1) is 24.1 Å². The lowest BCUT2D eigenvalue weighted by molar-refractivity contribution is -0.140. The van der Waals surface area contributed by atoms with Crippen LogP contribution in [0.5, 0.6) is 0 Å². The third kappa shape index (κ3) is 4.06. The summed E-state index contributed by atoms with van der Waals surface area (Å²) in [6.07, 6.45) is 2.37. The molecule has 0 spiro atoms. The molecule has 1 aliphatic rings. The van der Waals surface area contributed by atoms with Gasteiger partial charge < -0.3 is 20.3 Å².